The van der Waals surface area contributed by atoms with E-state index in [1.807, 2.05) is 0 Å². The largest absolute Gasteiger partial charge is 0.504 e. The molecule has 0 saturated carbocycles. The molecule has 0 spiro atoms. The molecule has 0 aliphatic carbocycles. The van der Waals surface area contributed by atoms with E-state index in [0.29, 0.717) is 0 Å². The lowest BCUT2D eigenvalue weighted by Crippen LogP contribution is -1.90. The van der Waals surface area contributed by atoms with Gasteiger partial charge in [-0.3, -0.25) is 0 Å². The monoisotopic (exact) mass is 250 g/mol. The van der Waals surface area contributed by atoms with Crippen molar-refractivity contribution in [3.63, 3.8) is 0 Å². The first kappa shape index (κ1) is 11.5. The van der Waals surface area contributed by atoms with Gasteiger partial charge >= 0.3 is 0 Å². The number of rotatable bonds is 3. The summed E-state index contributed by atoms with van der Waals surface area (Å²) >= 11 is 0. The van der Waals surface area contributed by atoms with E-state index in [9.17, 15) is 13.5 Å². The van der Waals surface area contributed by atoms with Crippen molar-refractivity contribution in [3.05, 3.63) is 48.5 Å². The van der Waals surface area contributed by atoms with Crippen LogP contribution in [-0.2, 0) is 10.7 Å². The van der Waals surface area contributed by atoms with E-state index in [0.717, 1.165) is 0 Å². The first-order valence-corrected chi connectivity index (χ1v) is 6.05. The molecule has 2 rings (SSSR count). The summed E-state index contributed by atoms with van der Waals surface area (Å²) < 4.78 is 27.4. The molecule has 0 aromatic heterocycles. The van der Waals surface area contributed by atoms with E-state index in [1.54, 1.807) is 30.3 Å². The number of hydrogen-bond acceptors (Lipinski definition) is 4. The summed E-state index contributed by atoms with van der Waals surface area (Å²) in [5.41, 5.74) is 0. The van der Waals surface area contributed by atoms with E-state index in [2.05, 4.69) is 0 Å². The van der Waals surface area contributed by atoms with Crippen molar-refractivity contribution >= 4 is 10.7 Å². The zero-order valence-electron chi connectivity index (χ0n) is 8.74. The lowest BCUT2D eigenvalue weighted by atomic mass is 10.3. The Kier molecular flexibility index (Phi) is 3.30. The minimum atomic E-state index is -2.73. The van der Waals surface area contributed by atoms with Gasteiger partial charge in [0.2, 0.25) is 0 Å². The van der Waals surface area contributed by atoms with E-state index < -0.39 is 10.7 Å². The molecule has 0 atom stereocenters. The molecule has 0 bridgehead atoms. The summed E-state index contributed by atoms with van der Waals surface area (Å²) in [7, 11) is -2.73. The molecule has 5 heteroatoms. The summed E-state index contributed by atoms with van der Waals surface area (Å²) in [4.78, 5) is 0.0887. The second kappa shape index (κ2) is 4.88. The van der Waals surface area contributed by atoms with Gasteiger partial charge in [-0.2, -0.15) is 0 Å². The van der Waals surface area contributed by atoms with Crippen LogP contribution in [0.3, 0.4) is 0 Å². The normalized spacial score (nSPS) is 10.4. The standard InChI is InChI=1S/C12H10O4S/c13-9-5-1-2-6-10(9)16-11-7-3-4-8-12(11)17(14)15/h1-8,13,17H. The molecule has 2 aromatic rings. The predicted octanol–water partition coefficient (Wildman–Crippen LogP) is 2.15. The van der Waals surface area contributed by atoms with Gasteiger partial charge in [0, 0.05) is 0 Å². The van der Waals surface area contributed by atoms with E-state index >= 15 is 0 Å². The van der Waals surface area contributed by atoms with Crippen molar-refractivity contribution in [2.45, 2.75) is 4.90 Å². The Morgan fingerprint density at radius 3 is 2.12 bits per heavy atom. The minimum absolute atomic E-state index is 0.0385. The van der Waals surface area contributed by atoms with Gasteiger partial charge in [-0.25, -0.2) is 8.42 Å². The van der Waals surface area contributed by atoms with Gasteiger partial charge in [-0.1, -0.05) is 24.3 Å². The smallest absolute Gasteiger partial charge is 0.171 e. The summed E-state index contributed by atoms with van der Waals surface area (Å²) in [5.74, 6) is 0.380. The Morgan fingerprint density at radius 2 is 1.47 bits per heavy atom. The SMILES string of the molecule is O=[SH](=O)c1ccccc1Oc1ccccc1O. The molecule has 0 aliphatic heterocycles. The van der Waals surface area contributed by atoms with Crippen molar-refractivity contribution in [1.82, 2.24) is 0 Å². The zero-order valence-corrected chi connectivity index (χ0v) is 9.63. The molecule has 0 amide bonds. The second-order valence-electron chi connectivity index (χ2n) is 3.29. The van der Waals surface area contributed by atoms with Crippen LogP contribution in [0.2, 0.25) is 0 Å². The molecular formula is C12H10O4S. The van der Waals surface area contributed by atoms with Crippen molar-refractivity contribution < 1.29 is 18.3 Å². The molecule has 1 N–H and O–H groups in total. The van der Waals surface area contributed by atoms with Crippen molar-refractivity contribution in [3.8, 4) is 17.2 Å². The third-order valence-electron chi connectivity index (χ3n) is 2.15. The second-order valence-corrected chi connectivity index (χ2v) is 4.29. The Labute approximate surface area is 100 Å². The van der Waals surface area contributed by atoms with Gasteiger partial charge < -0.3 is 9.84 Å². The van der Waals surface area contributed by atoms with Gasteiger partial charge in [0.05, 0.1) is 0 Å². The third-order valence-corrected chi connectivity index (χ3v) is 2.91. The fourth-order valence-electron chi connectivity index (χ4n) is 1.36. The third kappa shape index (κ3) is 2.57. The lowest BCUT2D eigenvalue weighted by Gasteiger charge is -2.08. The molecule has 17 heavy (non-hydrogen) atoms. The summed E-state index contributed by atoms with van der Waals surface area (Å²) in [6, 6.07) is 12.6. The Balaban J connectivity index is 2.40. The molecular weight excluding hydrogens is 240 g/mol. The highest BCUT2D eigenvalue weighted by Crippen LogP contribution is 2.32. The van der Waals surface area contributed by atoms with Gasteiger partial charge in [0.1, 0.15) is 10.6 Å². The van der Waals surface area contributed by atoms with Gasteiger partial charge in [-0.05, 0) is 24.3 Å². The molecule has 4 nitrogen and oxygen atoms in total. The number of phenolic OH excluding ortho intramolecular Hbond substituents is 1. The maximum atomic E-state index is 11.0. The van der Waals surface area contributed by atoms with Crippen LogP contribution in [0.1, 0.15) is 0 Å². The van der Waals surface area contributed by atoms with Crippen LogP contribution >= 0.6 is 0 Å². The van der Waals surface area contributed by atoms with Gasteiger partial charge in [-0.15, -0.1) is 0 Å². The van der Waals surface area contributed by atoms with Gasteiger partial charge in [0.25, 0.3) is 0 Å². The maximum Gasteiger partial charge on any atom is 0.171 e. The molecule has 0 unspecified atom stereocenters. The lowest BCUT2D eigenvalue weighted by molar-refractivity contribution is 0.405. The number of phenols is 1. The van der Waals surface area contributed by atoms with E-state index in [1.165, 1.54) is 18.2 Å². The molecule has 0 aliphatic rings. The molecule has 88 valence electrons. The first-order valence-electron chi connectivity index (χ1n) is 4.88. The topological polar surface area (TPSA) is 63.6 Å². The van der Waals surface area contributed by atoms with Crippen LogP contribution in [0, 0.1) is 0 Å². The van der Waals surface area contributed by atoms with Crippen LogP contribution < -0.4 is 4.74 Å². The number of ether oxygens (including phenoxy) is 1. The molecule has 0 saturated heterocycles. The number of para-hydroxylation sites is 3. The van der Waals surface area contributed by atoms with Crippen LogP contribution in [0.25, 0.3) is 0 Å². The molecule has 2 aromatic carbocycles. The first-order chi connectivity index (χ1) is 8.18. The highest BCUT2D eigenvalue weighted by atomic mass is 32.2. The van der Waals surface area contributed by atoms with Crippen LogP contribution in [-0.4, -0.2) is 13.5 Å². The molecule has 0 heterocycles. The number of hydrogen-bond donors (Lipinski definition) is 2. The number of thiol groups is 1. The van der Waals surface area contributed by atoms with E-state index in [-0.39, 0.29) is 22.1 Å². The summed E-state index contributed by atoms with van der Waals surface area (Å²) in [6.07, 6.45) is 0. The predicted molar refractivity (Wildman–Crippen MR) is 63.2 cm³/mol. The Bertz CT molecular complexity index is 597. The number of aromatic hydroxyl groups is 1. The fraction of sp³-hybridized carbons (Fsp3) is 0. The van der Waals surface area contributed by atoms with Crippen molar-refractivity contribution in [2.24, 2.45) is 0 Å². The van der Waals surface area contributed by atoms with Gasteiger partial charge in [0.15, 0.2) is 22.2 Å². The molecule has 0 fully saturated rings. The average Bonchev–Trinajstić information content (AvgIpc) is 2.32. The van der Waals surface area contributed by atoms with Crippen molar-refractivity contribution in [2.75, 3.05) is 0 Å². The quantitative estimate of drug-likeness (QED) is 0.819. The maximum absolute atomic E-state index is 11.0. The van der Waals surface area contributed by atoms with Crippen molar-refractivity contribution in [1.29, 1.82) is 0 Å². The average molecular weight is 250 g/mol. The highest BCUT2D eigenvalue weighted by molar-refractivity contribution is 7.72. The minimum Gasteiger partial charge on any atom is -0.504 e. The van der Waals surface area contributed by atoms with Crippen LogP contribution in [0.5, 0.6) is 17.2 Å². The molecule has 0 radical (unpaired) electrons. The summed E-state index contributed by atoms with van der Waals surface area (Å²) in [5, 5.41) is 9.53. The Morgan fingerprint density at radius 1 is 0.882 bits per heavy atom. The Hall–Kier alpha value is -2.01. The fourth-order valence-corrected chi connectivity index (χ4v) is 1.86. The van der Waals surface area contributed by atoms with Crippen LogP contribution in [0.15, 0.2) is 53.4 Å². The zero-order chi connectivity index (χ0) is 12.3. The van der Waals surface area contributed by atoms with Crippen LogP contribution in [0.4, 0.5) is 0 Å². The van der Waals surface area contributed by atoms with E-state index in [4.69, 9.17) is 4.74 Å². The summed E-state index contributed by atoms with van der Waals surface area (Å²) in [6.45, 7) is 0. The highest BCUT2D eigenvalue weighted by Gasteiger charge is 2.08. The number of benzene rings is 2.